The summed E-state index contributed by atoms with van der Waals surface area (Å²) in [5, 5.41) is 3.23. The molecular formula is C18H17NO3. The number of para-hydroxylation sites is 1. The van der Waals surface area contributed by atoms with E-state index in [4.69, 9.17) is 9.47 Å². The van der Waals surface area contributed by atoms with Gasteiger partial charge in [0.05, 0.1) is 12.2 Å². The topological polar surface area (TPSA) is 47.6 Å². The van der Waals surface area contributed by atoms with Crippen LogP contribution in [0.3, 0.4) is 0 Å². The number of carbonyl (C=O) groups excluding carboxylic acids is 1. The molecule has 1 N–H and O–H groups in total. The van der Waals surface area contributed by atoms with Gasteiger partial charge in [-0.3, -0.25) is 0 Å². The molecule has 4 heteroatoms. The molecule has 0 saturated carbocycles. The van der Waals surface area contributed by atoms with Crippen LogP contribution in [0, 0.1) is 0 Å². The fourth-order valence-corrected chi connectivity index (χ4v) is 2.30. The number of ether oxygens (including phenoxy) is 2. The van der Waals surface area contributed by atoms with E-state index in [1.54, 1.807) is 0 Å². The highest BCUT2D eigenvalue weighted by Gasteiger charge is 2.21. The van der Waals surface area contributed by atoms with Crippen LogP contribution in [0.25, 0.3) is 0 Å². The number of rotatable bonds is 4. The molecule has 0 bridgehead atoms. The Hall–Kier alpha value is -2.75. The smallest absolute Gasteiger partial charge is 0.335 e. The average Bonchev–Trinajstić information content (AvgIpc) is 2.96. The Morgan fingerprint density at radius 1 is 1.05 bits per heavy atom. The fraction of sp³-hybridized carbons (Fsp3) is 0.167. The standard InChI is InChI=1S/C18H17NO3/c1-13(17-11-12-21-18(17)20)19-14-7-9-16(10-8-14)22-15-5-3-2-4-6-15/h2-10,19H,11-12H2,1H3/b17-13+. The lowest BCUT2D eigenvalue weighted by Gasteiger charge is -2.10. The number of anilines is 1. The third kappa shape index (κ3) is 3.28. The number of carbonyl (C=O) groups is 1. The minimum Gasteiger partial charge on any atom is -0.462 e. The molecule has 2 aromatic carbocycles. The van der Waals surface area contributed by atoms with Crippen LogP contribution in [0.1, 0.15) is 13.3 Å². The van der Waals surface area contributed by atoms with E-state index in [1.165, 1.54) is 0 Å². The minimum atomic E-state index is -0.228. The van der Waals surface area contributed by atoms with E-state index in [0.717, 1.165) is 22.9 Å². The molecule has 1 heterocycles. The van der Waals surface area contributed by atoms with Crippen molar-refractivity contribution in [1.29, 1.82) is 0 Å². The van der Waals surface area contributed by atoms with Gasteiger partial charge in [-0.25, -0.2) is 4.79 Å². The van der Waals surface area contributed by atoms with E-state index in [2.05, 4.69) is 5.32 Å². The van der Waals surface area contributed by atoms with E-state index >= 15 is 0 Å². The maximum atomic E-state index is 11.5. The molecule has 112 valence electrons. The summed E-state index contributed by atoms with van der Waals surface area (Å²) in [5.41, 5.74) is 2.45. The number of hydrogen-bond donors (Lipinski definition) is 1. The van der Waals surface area contributed by atoms with Crippen molar-refractivity contribution in [3.63, 3.8) is 0 Å². The zero-order valence-electron chi connectivity index (χ0n) is 12.3. The van der Waals surface area contributed by atoms with Gasteiger partial charge in [0.2, 0.25) is 0 Å². The van der Waals surface area contributed by atoms with Gasteiger partial charge in [0.1, 0.15) is 11.5 Å². The molecule has 0 aromatic heterocycles. The summed E-state index contributed by atoms with van der Waals surface area (Å²) in [6.45, 7) is 2.35. The summed E-state index contributed by atoms with van der Waals surface area (Å²) in [6, 6.07) is 17.2. The molecule has 1 saturated heterocycles. The van der Waals surface area contributed by atoms with Crippen LogP contribution in [-0.4, -0.2) is 12.6 Å². The van der Waals surface area contributed by atoms with Crippen molar-refractivity contribution in [2.24, 2.45) is 0 Å². The lowest BCUT2D eigenvalue weighted by atomic mass is 10.2. The highest BCUT2D eigenvalue weighted by atomic mass is 16.5. The zero-order valence-corrected chi connectivity index (χ0v) is 12.3. The molecule has 1 aliphatic rings. The van der Waals surface area contributed by atoms with Crippen molar-refractivity contribution in [2.45, 2.75) is 13.3 Å². The Morgan fingerprint density at radius 2 is 1.73 bits per heavy atom. The second-order valence-corrected chi connectivity index (χ2v) is 5.05. The quantitative estimate of drug-likeness (QED) is 0.681. The van der Waals surface area contributed by atoms with Crippen LogP contribution in [-0.2, 0) is 9.53 Å². The van der Waals surface area contributed by atoms with Gasteiger partial charge in [0, 0.05) is 17.8 Å². The minimum absolute atomic E-state index is 0.228. The van der Waals surface area contributed by atoms with Gasteiger partial charge < -0.3 is 14.8 Å². The Kier molecular flexibility index (Phi) is 4.10. The van der Waals surface area contributed by atoms with E-state index < -0.39 is 0 Å². The number of esters is 1. The Bertz CT molecular complexity index is 690. The first-order valence-corrected chi connectivity index (χ1v) is 7.19. The fourth-order valence-electron chi connectivity index (χ4n) is 2.30. The van der Waals surface area contributed by atoms with Crippen molar-refractivity contribution >= 4 is 11.7 Å². The van der Waals surface area contributed by atoms with E-state index in [1.807, 2.05) is 61.5 Å². The van der Waals surface area contributed by atoms with Gasteiger partial charge in [-0.1, -0.05) is 18.2 Å². The van der Waals surface area contributed by atoms with Crippen LogP contribution >= 0.6 is 0 Å². The van der Waals surface area contributed by atoms with Crippen molar-refractivity contribution in [1.82, 2.24) is 0 Å². The highest BCUT2D eigenvalue weighted by molar-refractivity contribution is 5.91. The molecular weight excluding hydrogens is 278 g/mol. The first-order valence-electron chi connectivity index (χ1n) is 7.19. The second kappa shape index (κ2) is 6.35. The number of allylic oxidation sites excluding steroid dienone is 1. The first kappa shape index (κ1) is 14.2. The van der Waals surface area contributed by atoms with Gasteiger partial charge in [0.25, 0.3) is 0 Å². The predicted molar refractivity (Wildman–Crippen MR) is 84.9 cm³/mol. The summed E-state index contributed by atoms with van der Waals surface area (Å²) in [6.07, 6.45) is 0.660. The van der Waals surface area contributed by atoms with Crippen LogP contribution in [0.5, 0.6) is 11.5 Å². The molecule has 1 fully saturated rings. The number of nitrogens with one attached hydrogen (secondary N) is 1. The van der Waals surface area contributed by atoms with Crippen LogP contribution in [0.4, 0.5) is 5.69 Å². The molecule has 0 radical (unpaired) electrons. The van der Waals surface area contributed by atoms with Crippen LogP contribution < -0.4 is 10.1 Å². The third-order valence-corrected chi connectivity index (χ3v) is 3.45. The molecule has 22 heavy (non-hydrogen) atoms. The predicted octanol–water partition coefficient (Wildman–Crippen LogP) is 4.11. The largest absolute Gasteiger partial charge is 0.462 e. The summed E-state index contributed by atoms with van der Waals surface area (Å²) >= 11 is 0. The van der Waals surface area contributed by atoms with E-state index in [-0.39, 0.29) is 5.97 Å². The molecule has 0 unspecified atom stereocenters. The maximum absolute atomic E-state index is 11.5. The lowest BCUT2D eigenvalue weighted by molar-refractivity contribution is -0.135. The molecule has 1 aliphatic heterocycles. The Balaban J connectivity index is 1.68. The third-order valence-electron chi connectivity index (χ3n) is 3.45. The van der Waals surface area contributed by atoms with Crippen molar-refractivity contribution in [2.75, 3.05) is 11.9 Å². The SMILES string of the molecule is C/C(Nc1ccc(Oc2ccccc2)cc1)=C1/CCOC1=O. The number of benzene rings is 2. The van der Waals surface area contributed by atoms with Crippen molar-refractivity contribution in [3.8, 4) is 11.5 Å². The number of hydrogen-bond acceptors (Lipinski definition) is 4. The van der Waals surface area contributed by atoms with Crippen LogP contribution in [0.15, 0.2) is 65.9 Å². The summed E-state index contributed by atoms with van der Waals surface area (Å²) in [5.74, 6) is 1.34. The zero-order chi connectivity index (χ0) is 15.4. The Morgan fingerprint density at radius 3 is 2.36 bits per heavy atom. The molecule has 2 aromatic rings. The van der Waals surface area contributed by atoms with Crippen molar-refractivity contribution in [3.05, 3.63) is 65.9 Å². The molecule has 0 amide bonds. The van der Waals surface area contributed by atoms with E-state index in [0.29, 0.717) is 18.6 Å². The second-order valence-electron chi connectivity index (χ2n) is 5.05. The van der Waals surface area contributed by atoms with Gasteiger partial charge in [-0.05, 0) is 43.3 Å². The summed E-state index contributed by atoms with van der Waals surface area (Å²) in [4.78, 5) is 11.5. The number of cyclic esters (lactones) is 1. The Labute approximate surface area is 129 Å². The summed E-state index contributed by atoms with van der Waals surface area (Å²) < 4.78 is 10.7. The van der Waals surface area contributed by atoms with Crippen LogP contribution in [0.2, 0.25) is 0 Å². The maximum Gasteiger partial charge on any atom is 0.335 e. The monoisotopic (exact) mass is 295 g/mol. The molecule has 0 atom stereocenters. The van der Waals surface area contributed by atoms with Gasteiger partial charge >= 0.3 is 5.97 Å². The molecule has 0 spiro atoms. The normalized spacial score (nSPS) is 16.1. The van der Waals surface area contributed by atoms with Gasteiger partial charge in [-0.15, -0.1) is 0 Å². The lowest BCUT2D eigenvalue weighted by Crippen LogP contribution is -2.04. The molecule has 0 aliphatic carbocycles. The average molecular weight is 295 g/mol. The highest BCUT2D eigenvalue weighted by Crippen LogP contribution is 2.24. The first-order chi connectivity index (χ1) is 10.7. The molecule has 3 rings (SSSR count). The van der Waals surface area contributed by atoms with Crippen molar-refractivity contribution < 1.29 is 14.3 Å². The van der Waals surface area contributed by atoms with E-state index in [9.17, 15) is 4.79 Å². The van der Waals surface area contributed by atoms with Gasteiger partial charge in [-0.2, -0.15) is 0 Å². The van der Waals surface area contributed by atoms with Gasteiger partial charge in [0.15, 0.2) is 0 Å². The molecule has 4 nitrogen and oxygen atoms in total. The summed E-state index contributed by atoms with van der Waals surface area (Å²) in [7, 11) is 0.